The Balaban J connectivity index is 1.71. The fourth-order valence-electron chi connectivity index (χ4n) is 3.51. The van der Waals surface area contributed by atoms with Gasteiger partial charge in [0.05, 0.1) is 25.2 Å². The molecule has 0 spiro atoms. The van der Waals surface area contributed by atoms with Crippen molar-refractivity contribution in [3.8, 4) is 28.3 Å². The van der Waals surface area contributed by atoms with E-state index < -0.39 is 21.9 Å². The van der Waals surface area contributed by atoms with E-state index in [1.165, 1.54) is 55.7 Å². The summed E-state index contributed by atoms with van der Waals surface area (Å²) in [6.07, 6.45) is 3.89. The van der Waals surface area contributed by atoms with E-state index in [0.717, 1.165) is 0 Å². The van der Waals surface area contributed by atoms with E-state index in [1.54, 1.807) is 31.2 Å². The van der Waals surface area contributed by atoms with Crippen molar-refractivity contribution < 1.29 is 22.3 Å². The first-order chi connectivity index (χ1) is 16.7. The molecule has 3 N–H and O–H groups in total. The summed E-state index contributed by atoms with van der Waals surface area (Å²) in [6.45, 7) is 1.73. The smallest absolute Gasteiger partial charge is 0.244 e. The average molecular weight is 499 g/mol. The molecule has 2 heterocycles. The third-order valence-electron chi connectivity index (χ3n) is 5.30. The zero-order valence-electron chi connectivity index (χ0n) is 19.1. The molecule has 12 heteroatoms. The molecular formula is C23H23FN6O4S. The van der Waals surface area contributed by atoms with Crippen LogP contribution < -0.4 is 19.9 Å². The molecule has 4 rings (SSSR count). The first-order valence-corrected chi connectivity index (χ1v) is 11.9. The van der Waals surface area contributed by atoms with Crippen molar-refractivity contribution in [2.75, 3.05) is 19.9 Å². The number of hydrogen-bond acceptors (Lipinski definition) is 8. The zero-order chi connectivity index (χ0) is 25.2. The highest BCUT2D eigenvalue weighted by Gasteiger charge is 2.21. The van der Waals surface area contributed by atoms with Gasteiger partial charge in [0.1, 0.15) is 22.6 Å². The van der Waals surface area contributed by atoms with Crippen LogP contribution in [0.25, 0.3) is 16.8 Å². The van der Waals surface area contributed by atoms with Gasteiger partial charge in [0.2, 0.25) is 10.0 Å². The number of rotatable bonds is 8. The number of nitrogens with two attached hydrogens (primary N) is 1. The molecule has 182 valence electrons. The molecule has 0 aliphatic carbocycles. The highest BCUT2D eigenvalue weighted by atomic mass is 32.2. The number of nitrogens with one attached hydrogen (secondary N) is 1. The number of benzene rings is 2. The van der Waals surface area contributed by atoms with Gasteiger partial charge in [-0.2, -0.15) is 15.0 Å². The van der Waals surface area contributed by atoms with Crippen molar-refractivity contribution in [1.82, 2.24) is 24.7 Å². The second-order valence-corrected chi connectivity index (χ2v) is 9.32. The molecule has 0 bridgehead atoms. The second kappa shape index (κ2) is 9.68. The van der Waals surface area contributed by atoms with Crippen molar-refractivity contribution in [3.63, 3.8) is 0 Å². The van der Waals surface area contributed by atoms with Crippen LogP contribution in [0.3, 0.4) is 0 Å². The largest absolute Gasteiger partial charge is 0.495 e. The highest BCUT2D eigenvalue weighted by molar-refractivity contribution is 7.89. The minimum atomic E-state index is -3.78. The van der Waals surface area contributed by atoms with Gasteiger partial charge in [0.25, 0.3) is 0 Å². The fraction of sp³-hybridized carbons (Fsp3) is 0.174. The molecule has 0 saturated heterocycles. The fourth-order valence-corrected chi connectivity index (χ4v) is 4.43. The topological polar surface area (TPSA) is 134 Å². The molecule has 4 aromatic rings. The lowest BCUT2D eigenvalue weighted by Gasteiger charge is -2.19. The Bertz CT molecular complexity index is 1460. The minimum Gasteiger partial charge on any atom is -0.495 e. The number of sulfonamides is 1. The van der Waals surface area contributed by atoms with E-state index in [-0.39, 0.29) is 22.2 Å². The maximum absolute atomic E-state index is 14.1. The summed E-state index contributed by atoms with van der Waals surface area (Å²) in [5.74, 6) is 0.116. The highest BCUT2D eigenvalue weighted by Crippen LogP contribution is 2.34. The van der Waals surface area contributed by atoms with Gasteiger partial charge in [0.15, 0.2) is 11.6 Å². The van der Waals surface area contributed by atoms with Gasteiger partial charge in [-0.25, -0.2) is 22.5 Å². The van der Waals surface area contributed by atoms with Crippen molar-refractivity contribution in [3.05, 3.63) is 72.4 Å². The van der Waals surface area contributed by atoms with Gasteiger partial charge in [0, 0.05) is 17.3 Å². The third-order valence-corrected chi connectivity index (χ3v) is 6.74. The molecule has 35 heavy (non-hydrogen) atoms. The summed E-state index contributed by atoms with van der Waals surface area (Å²) in [5.41, 5.74) is 8.21. The summed E-state index contributed by atoms with van der Waals surface area (Å²) < 4.78 is 52.5. The van der Waals surface area contributed by atoms with Gasteiger partial charge >= 0.3 is 0 Å². The van der Waals surface area contributed by atoms with Crippen LogP contribution in [0, 0.1) is 5.82 Å². The van der Waals surface area contributed by atoms with Gasteiger partial charge < -0.3 is 15.2 Å². The lowest BCUT2D eigenvalue weighted by molar-refractivity contribution is 0.226. The molecule has 10 nitrogen and oxygen atoms in total. The predicted molar refractivity (Wildman–Crippen MR) is 127 cm³/mol. The standard InChI is InChI=1S/C23H23FN6O4S/c1-14(18-12-17(24)5-6-19(18)30-28-8-9-29-30)34-21-10-16(13-27-23(21)25)15-4-7-20(33-3)22(11-15)35(31,32)26-2/h4-14,26H,1-3H3,(H2,25,27)/t14-/m1/s1. The maximum atomic E-state index is 14.1. The van der Waals surface area contributed by atoms with Crippen LogP contribution >= 0.6 is 0 Å². The maximum Gasteiger partial charge on any atom is 0.244 e. The molecule has 2 aromatic heterocycles. The van der Waals surface area contributed by atoms with Crippen molar-refractivity contribution in [2.45, 2.75) is 17.9 Å². The summed E-state index contributed by atoms with van der Waals surface area (Å²) in [6, 6.07) is 10.6. The molecule has 2 aromatic carbocycles. The van der Waals surface area contributed by atoms with E-state index >= 15 is 0 Å². The van der Waals surface area contributed by atoms with Gasteiger partial charge in [-0.05, 0) is 55.9 Å². The van der Waals surface area contributed by atoms with Crippen LogP contribution in [-0.2, 0) is 10.0 Å². The third kappa shape index (κ3) is 4.93. The summed E-state index contributed by atoms with van der Waals surface area (Å²) in [7, 11) is -1.07. The van der Waals surface area contributed by atoms with E-state index in [9.17, 15) is 12.8 Å². The Morgan fingerprint density at radius 3 is 2.49 bits per heavy atom. The average Bonchev–Trinajstić information content (AvgIpc) is 3.39. The Morgan fingerprint density at radius 1 is 1.06 bits per heavy atom. The second-order valence-electron chi connectivity index (χ2n) is 7.46. The van der Waals surface area contributed by atoms with Crippen LogP contribution in [0.4, 0.5) is 10.2 Å². The number of anilines is 1. The molecule has 0 radical (unpaired) electrons. The number of nitrogens with zero attached hydrogens (tertiary/aromatic N) is 4. The van der Waals surface area contributed by atoms with E-state index in [0.29, 0.717) is 22.4 Å². The molecule has 1 atom stereocenters. The van der Waals surface area contributed by atoms with Crippen LogP contribution in [-0.4, -0.2) is 42.6 Å². The van der Waals surface area contributed by atoms with E-state index in [4.69, 9.17) is 15.2 Å². The summed E-state index contributed by atoms with van der Waals surface area (Å²) in [5, 5.41) is 8.23. The lowest BCUT2D eigenvalue weighted by Crippen LogP contribution is -2.19. The van der Waals surface area contributed by atoms with Crippen molar-refractivity contribution >= 4 is 15.8 Å². The van der Waals surface area contributed by atoms with Gasteiger partial charge in [-0.3, -0.25) is 0 Å². The Morgan fingerprint density at radius 2 is 1.80 bits per heavy atom. The monoisotopic (exact) mass is 498 g/mol. The Labute approximate surface area is 201 Å². The SMILES string of the molecule is CNS(=O)(=O)c1cc(-c2cnc(N)c(O[C@H](C)c3cc(F)ccc3-n3nccn3)c2)ccc1OC. The number of methoxy groups -OCH3 is 1. The van der Waals surface area contributed by atoms with Gasteiger partial charge in [-0.1, -0.05) is 6.07 Å². The lowest BCUT2D eigenvalue weighted by atomic mass is 10.1. The first-order valence-electron chi connectivity index (χ1n) is 10.4. The normalized spacial score (nSPS) is 12.3. The minimum absolute atomic E-state index is 0.0243. The van der Waals surface area contributed by atoms with Crippen molar-refractivity contribution in [2.24, 2.45) is 0 Å². The van der Waals surface area contributed by atoms with Crippen molar-refractivity contribution in [1.29, 1.82) is 0 Å². The number of ether oxygens (including phenoxy) is 2. The summed E-state index contributed by atoms with van der Waals surface area (Å²) >= 11 is 0. The Hall–Kier alpha value is -4.03. The number of nitrogen functional groups attached to an aromatic ring is 1. The quantitative estimate of drug-likeness (QED) is 0.378. The molecule has 0 fully saturated rings. The molecule has 0 saturated carbocycles. The van der Waals surface area contributed by atoms with Crippen LogP contribution in [0.2, 0.25) is 0 Å². The molecule has 0 aliphatic rings. The number of aromatic nitrogens is 4. The number of halogens is 1. The molecular weight excluding hydrogens is 475 g/mol. The zero-order valence-corrected chi connectivity index (χ0v) is 20.0. The number of hydrogen-bond donors (Lipinski definition) is 2. The molecule has 0 unspecified atom stereocenters. The van der Waals surface area contributed by atoms with E-state index in [2.05, 4.69) is 19.9 Å². The molecule has 0 aliphatic heterocycles. The number of pyridine rings is 1. The van der Waals surface area contributed by atoms with E-state index in [1.807, 2.05) is 0 Å². The summed E-state index contributed by atoms with van der Waals surface area (Å²) in [4.78, 5) is 5.54. The predicted octanol–water partition coefficient (Wildman–Crippen LogP) is 3.11. The van der Waals surface area contributed by atoms with Crippen LogP contribution in [0.1, 0.15) is 18.6 Å². The molecule has 0 amide bonds. The first kappa shape index (κ1) is 24.1. The van der Waals surface area contributed by atoms with Gasteiger partial charge in [-0.15, -0.1) is 0 Å². The van der Waals surface area contributed by atoms with Crippen LogP contribution in [0.15, 0.2) is 66.0 Å². The Kier molecular flexibility index (Phi) is 6.67. The van der Waals surface area contributed by atoms with Crippen LogP contribution in [0.5, 0.6) is 11.5 Å².